The summed E-state index contributed by atoms with van der Waals surface area (Å²) in [7, 11) is -1.62. The third kappa shape index (κ3) is 4.31. The Hall–Kier alpha value is -1.35. The van der Waals surface area contributed by atoms with Gasteiger partial charge in [0.25, 0.3) is 0 Å². The Kier molecular flexibility index (Phi) is 5.04. The fourth-order valence-corrected chi connectivity index (χ4v) is 3.18. The minimum atomic E-state index is -3.14. The number of ether oxygens (including phenoxy) is 1. The van der Waals surface area contributed by atoms with E-state index in [9.17, 15) is 4.57 Å². The van der Waals surface area contributed by atoms with Gasteiger partial charge in [0, 0.05) is 12.4 Å². The number of benzene rings is 2. The zero-order valence-electron chi connectivity index (χ0n) is 11.5. The molecule has 7 heteroatoms. The van der Waals surface area contributed by atoms with Crippen molar-refractivity contribution in [3.05, 3.63) is 52.5 Å². The Bertz CT molecular complexity index is 694. The third-order valence-electron chi connectivity index (χ3n) is 2.59. The number of methoxy groups -OCH3 is 1. The Morgan fingerprint density at radius 3 is 2.33 bits per heavy atom. The second-order valence-corrected chi connectivity index (χ2v) is 7.24. The summed E-state index contributed by atoms with van der Waals surface area (Å²) in [4.78, 5) is 0. The molecule has 1 atom stereocenters. The van der Waals surface area contributed by atoms with E-state index in [1.165, 1.54) is 13.8 Å². The van der Waals surface area contributed by atoms with Crippen LogP contribution >= 0.6 is 30.7 Å². The maximum atomic E-state index is 12.6. The molecule has 1 N–H and O–H groups in total. The van der Waals surface area contributed by atoms with Crippen molar-refractivity contribution in [3.63, 3.8) is 0 Å². The Morgan fingerprint density at radius 2 is 1.71 bits per heavy atom. The van der Waals surface area contributed by atoms with Crippen LogP contribution in [0.25, 0.3) is 0 Å². The lowest BCUT2D eigenvalue weighted by Gasteiger charge is -2.19. The van der Waals surface area contributed by atoms with E-state index in [1.807, 2.05) is 0 Å². The number of anilines is 1. The number of hydrogen-bond acceptors (Lipinski definition) is 3. The van der Waals surface area contributed by atoms with Crippen molar-refractivity contribution in [2.24, 2.45) is 0 Å². The normalized spacial score (nSPS) is 13.3. The number of hydrogen-bond donors (Lipinski definition) is 1. The number of rotatable bonds is 5. The number of halogens is 2. The van der Waals surface area contributed by atoms with E-state index in [4.69, 9.17) is 32.5 Å². The molecule has 0 fully saturated rings. The summed E-state index contributed by atoms with van der Waals surface area (Å²) in [5.41, 5.74) is 0.560. The van der Waals surface area contributed by atoms with Crippen LogP contribution in [0.1, 0.15) is 0 Å². The first-order valence-electron chi connectivity index (χ1n) is 6.05. The fraction of sp³-hybridized carbons (Fsp3) is 0.143. The molecule has 0 saturated heterocycles. The molecular weight excluding hydrogens is 332 g/mol. The van der Waals surface area contributed by atoms with E-state index in [0.29, 0.717) is 27.2 Å². The van der Waals surface area contributed by atoms with Crippen molar-refractivity contribution in [1.82, 2.24) is 0 Å². The minimum Gasteiger partial charge on any atom is -0.493 e. The number of para-hydroxylation sites is 2. The van der Waals surface area contributed by atoms with Gasteiger partial charge in [0.05, 0.1) is 17.2 Å². The van der Waals surface area contributed by atoms with Crippen LogP contribution in [0.3, 0.4) is 0 Å². The Morgan fingerprint density at radius 1 is 1.05 bits per heavy atom. The molecule has 0 bridgehead atoms. The van der Waals surface area contributed by atoms with Gasteiger partial charge >= 0.3 is 7.52 Å². The lowest BCUT2D eigenvalue weighted by atomic mass is 10.3. The van der Waals surface area contributed by atoms with Gasteiger partial charge in [-0.05, 0) is 30.3 Å². The molecule has 2 rings (SSSR count). The molecule has 2 aromatic carbocycles. The van der Waals surface area contributed by atoms with Gasteiger partial charge in [-0.25, -0.2) is 0 Å². The molecule has 0 aliphatic carbocycles. The first kappa shape index (κ1) is 16.0. The van der Waals surface area contributed by atoms with Gasteiger partial charge in [-0.15, -0.1) is 0 Å². The zero-order valence-corrected chi connectivity index (χ0v) is 13.9. The van der Waals surface area contributed by atoms with Gasteiger partial charge in [0.1, 0.15) is 0 Å². The molecule has 0 amide bonds. The standard InChI is InChI=1S/C14H14Cl2NO3P/c1-19-13-5-3-4-6-14(13)20-21(2,18)17-10-7-8-11(15)12(16)9-10/h3-9H,1-2H3,(H,17,18)/t21-/m1/s1. The molecule has 0 saturated carbocycles. The van der Waals surface area contributed by atoms with Gasteiger partial charge in [-0.2, -0.15) is 0 Å². The maximum Gasteiger partial charge on any atom is 0.338 e. The molecule has 0 radical (unpaired) electrons. The van der Waals surface area contributed by atoms with Crippen molar-refractivity contribution in [3.8, 4) is 11.5 Å². The lowest BCUT2D eigenvalue weighted by Crippen LogP contribution is -2.03. The number of nitrogens with one attached hydrogen (secondary N) is 1. The first-order valence-corrected chi connectivity index (χ1v) is 8.87. The largest absolute Gasteiger partial charge is 0.493 e. The predicted molar refractivity (Wildman–Crippen MR) is 87.2 cm³/mol. The van der Waals surface area contributed by atoms with E-state index in [0.717, 1.165) is 0 Å². The summed E-state index contributed by atoms with van der Waals surface area (Å²) in [6, 6.07) is 11.9. The van der Waals surface area contributed by atoms with Crippen LogP contribution in [-0.2, 0) is 4.57 Å². The summed E-state index contributed by atoms with van der Waals surface area (Å²) < 4.78 is 23.3. The molecule has 0 spiro atoms. The Balaban J connectivity index is 2.18. The zero-order chi connectivity index (χ0) is 15.5. The summed E-state index contributed by atoms with van der Waals surface area (Å²) in [6.45, 7) is 1.47. The smallest absolute Gasteiger partial charge is 0.338 e. The van der Waals surface area contributed by atoms with Gasteiger partial charge in [-0.1, -0.05) is 35.3 Å². The van der Waals surface area contributed by atoms with Crippen LogP contribution in [0.4, 0.5) is 5.69 Å². The highest BCUT2D eigenvalue weighted by atomic mass is 35.5. The molecule has 0 heterocycles. The van der Waals surface area contributed by atoms with Crippen LogP contribution in [0, 0.1) is 0 Å². The van der Waals surface area contributed by atoms with Crippen molar-refractivity contribution in [2.75, 3.05) is 18.9 Å². The highest BCUT2D eigenvalue weighted by molar-refractivity contribution is 7.60. The second kappa shape index (κ2) is 6.61. The van der Waals surface area contributed by atoms with Crippen molar-refractivity contribution in [2.45, 2.75) is 0 Å². The van der Waals surface area contributed by atoms with Crippen LogP contribution < -0.4 is 14.3 Å². The van der Waals surface area contributed by atoms with Crippen molar-refractivity contribution < 1.29 is 13.8 Å². The van der Waals surface area contributed by atoms with Crippen molar-refractivity contribution >= 4 is 36.4 Å². The molecule has 0 aromatic heterocycles. The molecule has 2 aromatic rings. The van der Waals surface area contributed by atoms with E-state index >= 15 is 0 Å². The van der Waals surface area contributed by atoms with Crippen LogP contribution in [-0.4, -0.2) is 13.8 Å². The molecule has 21 heavy (non-hydrogen) atoms. The average molecular weight is 346 g/mol. The highest BCUT2D eigenvalue weighted by Gasteiger charge is 2.19. The van der Waals surface area contributed by atoms with Crippen molar-refractivity contribution in [1.29, 1.82) is 0 Å². The quantitative estimate of drug-likeness (QED) is 0.745. The van der Waals surface area contributed by atoms with Gasteiger partial charge in [-0.3, -0.25) is 4.57 Å². The fourth-order valence-electron chi connectivity index (χ4n) is 1.70. The third-order valence-corrected chi connectivity index (χ3v) is 4.54. The first-order chi connectivity index (χ1) is 9.91. The predicted octanol–water partition coefficient (Wildman–Crippen LogP) is 5.32. The Labute approximate surface area is 133 Å². The van der Waals surface area contributed by atoms with Gasteiger partial charge in [0.15, 0.2) is 11.5 Å². The molecule has 0 unspecified atom stereocenters. The monoisotopic (exact) mass is 345 g/mol. The highest BCUT2D eigenvalue weighted by Crippen LogP contribution is 2.46. The molecule has 0 aliphatic rings. The summed E-state index contributed by atoms with van der Waals surface area (Å²) in [5, 5.41) is 3.62. The van der Waals surface area contributed by atoms with Crippen LogP contribution in [0.15, 0.2) is 42.5 Å². The molecule has 4 nitrogen and oxygen atoms in total. The summed E-state index contributed by atoms with van der Waals surface area (Å²) in [6.07, 6.45) is 0. The van der Waals surface area contributed by atoms with Gasteiger partial charge < -0.3 is 14.3 Å². The van der Waals surface area contributed by atoms with E-state index in [-0.39, 0.29) is 0 Å². The summed E-state index contributed by atoms with van der Waals surface area (Å²) in [5.74, 6) is 0.911. The molecule has 112 valence electrons. The maximum absolute atomic E-state index is 12.6. The minimum absolute atomic E-state index is 0.374. The molecular formula is C14H14Cl2NO3P. The van der Waals surface area contributed by atoms with E-state index < -0.39 is 7.52 Å². The van der Waals surface area contributed by atoms with Crippen LogP contribution in [0.2, 0.25) is 10.0 Å². The SMILES string of the molecule is COc1ccccc1O[P@@](C)(=O)Nc1ccc(Cl)c(Cl)c1. The molecule has 0 aliphatic heterocycles. The van der Waals surface area contributed by atoms with Crippen LogP contribution in [0.5, 0.6) is 11.5 Å². The average Bonchev–Trinajstić information content (AvgIpc) is 2.43. The van der Waals surface area contributed by atoms with Gasteiger partial charge in [0.2, 0.25) is 0 Å². The van der Waals surface area contributed by atoms with E-state index in [1.54, 1.807) is 42.5 Å². The summed E-state index contributed by atoms with van der Waals surface area (Å²) >= 11 is 11.8. The van der Waals surface area contributed by atoms with E-state index in [2.05, 4.69) is 5.09 Å². The lowest BCUT2D eigenvalue weighted by molar-refractivity contribution is 0.391. The second-order valence-electron chi connectivity index (χ2n) is 4.33. The topological polar surface area (TPSA) is 47.6 Å².